The minimum absolute atomic E-state index is 0.100. The van der Waals surface area contributed by atoms with Crippen LogP contribution in [0.3, 0.4) is 0 Å². The highest BCUT2D eigenvalue weighted by Crippen LogP contribution is 2.43. The smallest absolute Gasteiger partial charge is 0.251 e. The Morgan fingerprint density at radius 3 is 3.00 bits per heavy atom. The van der Waals surface area contributed by atoms with Gasteiger partial charge in [-0.05, 0) is 24.6 Å². The maximum absolute atomic E-state index is 13.4. The van der Waals surface area contributed by atoms with Crippen LogP contribution in [0.25, 0.3) is 0 Å². The van der Waals surface area contributed by atoms with Crippen LogP contribution in [-0.2, 0) is 0 Å². The van der Waals surface area contributed by atoms with Crippen LogP contribution in [0.15, 0.2) is 12.1 Å². The normalized spacial score (nSPS) is 25.1. The van der Waals surface area contributed by atoms with Gasteiger partial charge in [-0.25, -0.2) is 8.78 Å². The minimum atomic E-state index is -2.57. The van der Waals surface area contributed by atoms with Gasteiger partial charge < -0.3 is 15.4 Å². The molecule has 0 aliphatic carbocycles. The van der Waals surface area contributed by atoms with E-state index in [4.69, 9.17) is 10.5 Å². The molecule has 0 radical (unpaired) electrons. The first-order chi connectivity index (χ1) is 8.46. The van der Waals surface area contributed by atoms with Crippen molar-refractivity contribution in [1.82, 2.24) is 0 Å². The number of nitrogens with zero attached hydrogens (tertiary/aromatic N) is 1. The Bertz CT molecular complexity index is 490. The number of benzene rings is 1. The highest BCUT2D eigenvalue weighted by Gasteiger charge is 2.43. The van der Waals surface area contributed by atoms with Crippen LogP contribution in [0.4, 0.5) is 20.2 Å². The van der Waals surface area contributed by atoms with Gasteiger partial charge >= 0.3 is 0 Å². The lowest BCUT2D eigenvalue weighted by atomic mass is 9.96. The summed E-state index contributed by atoms with van der Waals surface area (Å²) in [6, 6.07) is 3.41. The molecule has 0 spiro atoms. The third kappa shape index (κ3) is 1.78. The van der Waals surface area contributed by atoms with E-state index in [1.807, 2.05) is 24.0 Å². The number of rotatable bonds is 0. The summed E-state index contributed by atoms with van der Waals surface area (Å²) in [5.74, 6) is -1.79. The average Bonchev–Trinajstić information content (AvgIpc) is 2.26. The van der Waals surface area contributed by atoms with Crippen LogP contribution in [0.1, 0.15) is 18.4 Å². The Hall–Kier alpha value is -1.52. The monoisotopic (exact) mass is 254 g/mol. The van der Waals surface area contributed by atoms with E-state index in [9.17, 15) is 8.78 Å². The number of ether oxygens (including phenoxy) is 1. The third-order valence-electron chi connectivity index (χ3n) is 3.70. The van der Waals surface area contributed by atoms with Crippen LogP contribution >= 0.6 is 0 Å². The molecule has 2 aliphatic rings. The summed E-state index contributed by atoms with van der Waals surface area (Å²) in [6.45, 7) is 2.61. The Labute approximate surface area is 105 Å². The van der Waals surface area contributed by atoms with Gasteiger partial charge in [0.2, 0.25) is 0 Å². The zero-order valence-corrected chi connectivity index (χ0v) is 10.2. The lowest BCUT2D eigenvalue weighted by molar-refractivity contribution is -0.0400. The predicted molar refractivity (Wildman–Crippen MR) is 66.4 cm³/mol. The minimum Gasteiger partial charge on any atom is -0.489 e. The molecule has 1 saturated heterocycles. The SMILES string of the molecule is Cc1cc(N)cc2c1OCC1CC(F)(F)CCN21. The first kappa shape index (κ1) is 11.6. The van der Waals surface area contributed by atoms with E-state index in [2.05, 4.69) is 0 Å². The van der Waals surface area contributed by atoms with Gasteiger partial charge in [-0.3, -0.25) is 0 Å². The lowest BCUT2D eigenvalue weighted by Gasteiger charge is -2.44. The number of alkyl halides is 2. The number of anilines is 2. The second-order valence-electron chi connectivity index (χ2n) is 5.15. The lowest BCUT2D eigenvalue weighted by Crippen LogP contribution is -2.52. The van der Waals surface area contributed by atoms with Gasteiger partial charge in [-0.2, -0.15) is 0 Å². The number of nitrogen functional groups attached to an aromatic ring is 1. The number of halogens is 2. The zero-order chi connectivity index (χ0) is 12.9. The molecule has 18 heavy (non-hydrogen) atoms. The highest BCUT2D eigenvalue weighted by molar-refractivity contribution is 5.69. The topological polar surface area (TPSA) is 38.5 Å². The van der Waals surface area contributed by atoms with Gasteiger partial charge in [0, 0.05) is 25.1 Å². The van der Waals surface area contributed by atoms with Gasteiger partial charge in [-0.1, -0.05) is 0 Å². The highest BCUT2D eigenvalue weighted by atomic mass is 19.3. The van der Waals surface area contributed by atoms with Crippen molar-refractivity contribution in [2.45, 2.75) is 31.7 Å². The van der Waals surface area contributed by atoms with Gasteiger partial charge in [0.15, 0.2) is 0 Å². The molecule has 0 aromatic heterocycles. The Balaban J connectivity index is 1.99. The summed E-state index contributed by atoms with van der Waals surface area (Å²) in [6.07, 6.45) is -0.239. The van der Waals surface area contributed by atoms with E-state index >= 15 is 0 Å². The van der Waals surface area contributed by atoms with Gasteiger partial charge in [0.1, 0.15) is 12.4 Å². The van der Waals surface area contributed by atoms with Gasteiger partial charge in [0.05, 0.1) is 11.7 Å². The number of aryl methyl sites for hydroxylation is 1. The van der Waals surface area contributed by atoms with Crippen molar-refractivity contribution in [3.05, 3.63) is 17.7 Å². The number of hydrogen-bond donors (Lipinski definition) is 1. The molecule has 3 rings (SSSR count). The van der Waals surface area contributed by atoms with Crippen LogP contribution < -0.4 is 15.4 Å². The van der Waals surface area contributed by atoms with Crippen molar-refractivity contribution in [3.8, 4) is 5.75 Å². The molecule has 1 fully saturated rings. The van der Waals surface area contributed by atoms with E-state index in [0.717, 1.165) is 17.0 Å². The molecule has 0 amide bonds. The molecule has 3 nitrogen and oxygen atoms in total. The van der Waals surface area contributed by atoms with Crippen LogP contribution in [0, 0.1) is 6.92 Å². The van der Waals surface area contributed by atoms with Crippen molar-refractivity contribution in [3.63, 3.8) is 0 Å². The summed E-state index contributed by atoms with van der Waals surface area (Å²) in [7, 11) is 0. The largest absolute Gasteiger partial charge is 0.489 e. The Morgan fingerprint density at radius 1 is 1.44 bits per heavy atom. The maximum Gasteiger partial charge on any atom is 0.251 e. The summed E-state index contributed by atoms with van der Waals surface area (Å²) >= 11 is 0. The van der Waals surface area contributed by atoms with E-state index in [-0.39, 0.29) is 18.9 Å². The molecule has 1 aromatic rings. The number of fused-ring (bicyclic) bond motifs is 3. The Kier molecular flexibility index (Phi) is 2.40. The summed E-state index contributed by atoms with van der Waals surface area (Å²) in [4.78, 5) is 2.01. The molecule has 98 valence electrons. The average molecular weight is 254 g/mol. The predicted octanol–water partition coefficient (Wildman–Crippen LogP) is 2.57. The molecule has 5 heteroatoms. The first-order valence-electron chi connectivity index (χ1n) is 6.14. The molecular weight excluding hydrogens is 238 g/mol. The molecule has 1 unspecified atom stereocenters. The molecule has 0 bridgehead atoms. The third-order valence-corrected chi connectivity index (χ3v) is 3.70. The second kappa shape index (κ2) is 3.73. The van der Waals surface area contributed by atoms with E-state index in [0.29, 0.717) is 18.8 Å². The quantitative estimate of drug-likeness (QED) is 0.723. The maximum atomic E-state index is 13.4. The van der Waals surface area contributed by atoms with Crippen LogP contribution in [0.5, 0.6) is 5.75 Å². The van der Waals surface area contributed by atoms with Crippen LogP contribution in [0.2, 0.25) is 0 Å². The molecule has 1 aromatic carbocycles. The molecule has 1 atom stereocenters. The fraction of sp³-hybridized carbons (Fsp3) is 0.538. The number of hydrogen-bond acceptors (Lipinski definition) is 3. The van der Waals surface area contributed by atoms with Crippen molar-refractivity contribution in [1.29, 1.82) is 0 Å². The van der Waals surface area contributed by atoms with E-state index < -0.39 is 5.92 Å². The standard InChI is InChI=1S/C13H16F2N2O/c1-8-4-9(16)5-11-12(8)18-7-10-6-13(14,15)2-3-17(10)11/h4-5,10H,2-3,6-7,16H2,1H3. The first-order valence-corrected chi connectivity index (χ1v) is 6.14. The zero-order valence-electron chi connectivity index (χ0n) is 10.2. The van der Waals surface area contributed by atoms with E-state index in [1.165, 1.54) is 0 Å². The van der Waals surface area contributed by atoms with E-state index in [1.54, 1.807) is 0 Å². The second-order valence-corrected chi connectivity index (χ2v) is 5.15. The molecular formula is C13H16F2N2O. The van der Waals surface area contributed by atoms with Crippen molar-refractivity contribution >= 4 is 11.4 Å². The number of piperidine rings is 1. The van der Waals surface area contributed by atoms with Crippen molar-refractivity contribution < 1.29 is 13.5 Å². The fourth-order valence-electron chi connectivity index (χ4n) is 2.85. The summed E-state index contributed by atoms with van der Waals surface area (Å²) in [5.41, 5.74) is 8.29. The molecule has 2 heterocycles. The molecule has 2 N–H and O–H groups in total. The van der Waals surface area contributed by atoms with Gasteiger partial charge in [-0.15, -0.1) is 0 Å². The summed E-state index contributed by atoms with van der Waals surface area (Å²) < 4.78 is 32.4. The molecule has 2 aliphatic heterocycles. The molecule has 0 saturated carbocycles. The Morgan fingerprint density at radius 2 is 2.22 bits per heavy atom. The fourth-order valence-corrected chi connectivity index (χ4v) is 2.85. The van der Waals surface area contributed by atoms with Crippen LogP contribution in [-0.4, -0.2) is 25.1 Å². The number of nitrogens with two attached hydrogens (primary N) is 1. The van der Waals surface area contributed by atoms with Crippen molar-refractivity contribution in [2.24, 2.45) is 0 Å². The van der Waals surface area contributed by atoms with Crippen molar-refractivity contribution in [2.75, 3.05) is 23.8 Å². The van der Waals surface area contributed by atoms with Gasteiger partial charge in [0.25, 0.3) is 5.92 Å². The summed E-state index contributed by atoms with van der Waals surface area (Å²) in [5, 5.41) is 0.